The van der Waals surface area contributed by atoms with Crippen LogP contribution in [0.4, 0.5) is 4.79 Å². The van der Waals surface area contributed by atoms with Crippen molar-refractivity contribution in [3.63, 3.8) is 0 Å². The molecular formula is C22H32N2O6. The lowest BCUT2D eigenvalue weighted by atomic mass is 9.66. The Labute approximate surface area is 177 Å². The van der Waals surface area contributed by atoms with E-state index in [4.69, 9.17) is 9.47 Å². The SMILES string of the molecule is CCOC(=O)C1(C(C[N+](=O)[O-])c2ccc(C)cc2)CCN(C(=O)OC(C)(C)C)CC1. The Balaban J connectivity index is 2.36. The predicted octanol–water partition coefficient (Wildman–Crippen LogP) is 3.94. The number of benzene rings is 1. The minimum Gasteiger partial charge on any atom is -0.466 e. The number of likely N-dealkylation sites (tertiary alicyclic amines) is 1. The lowest BCUT2D eigenvalue weighted by molar-refractivity contribution is -0.486. The van der Waals surface area contributed by atoms with E-state index in [1.54, 1.807) is 32.6 Å². The third-order valence-corrected chi connectivity index (χ3v) is 5.47. The summed E-state index contributed by atoms with van der Waals surface area (Å²) in [6.45, 7) is 9.39. The molecule has 2 rings (SSSR count). The van der Waals surface area contributed by atoms with Crippen molar-refractivity contribution in [2.24, 2.45) is 5.41 Å². The summed E-state index contributed by atoms with van der Waals surface area (Å²) < 4.78 is 10.8. The molecule has 1 amide bonds. The van der Waals surface area contributed by atoms with E-state index >= 15 is 0 Å². The molecule has 0 spiro atoms. The maximum atomic E-state index is 13.1. The van der Waals surface area contributed by atoms with E-state index in [2.05, 4.69) is 0 Å². The highest BCUT2D eigenvalue weighted by Gasteiger charge is 2.52. The van der Waals surface area contributed by atoms with E-state index in [9.17, 15) is 19.7 Å². The standard InChI is InChI=1S/C22H32N2O6/c1-6-29-19(25)22(11-13-23(14-12-22)20(26)30-21(3,4)5)18(15-24(27)28)17-9-7-16(2)8-10-17/h7-10,18H,6,11-15H2,1-5H3. The first-order valence-corrected chi connectivity index (χ1v) is 10.3. The van der Waals surface area contributed by atoms with Gasteiger partial charge in [-0.2, -0.15) is 0 Å². The molecule has 166 valence electrons. The molecule has 0 saturated carbocycles. The number of nitrogens with zero attached hydrogens (tertiary/aromatic N) is 2. The topological polar surface area (TPSA) is 99.0 Å². The first-order chi connectivity index (χ1) is 14.0. The van der Waals surface area contributed by atoms with Gasteiger partial charge in [0.15, 0.2) is 0 Å². The minimum atomic E-state index is -1.07. The molecule has 30 heavy (non-hydrogen) atoms. The van der Waals surface area contributed by atoms with Crippen LogP contribution in [0.25, 0.3) is 0 Å². The summed E-state index contributed by atoms with van der Waals surface area (Å²) >= 11 is 0. The number of ether oxygens (including phenoxy) is 2. The second-order valence-corrected chi connectivity index (χ2v) is 8.82. The fraction of sp³-hybridized carbons (Fsp3) is 0.636. The smallest absolute Gasteiger partial charge is 0.410 e. The van der Waals surface area contributed by atoms with Crippen LogP contribution in [-0.4, -0.2) is 53.7 Å². The number of nitro groups is 1. The highest BCUT2D eigenvalue weighted by Crippen LogP contribution is 2.46. The maximum Gasteiger partial charge on any atom is 0.410 e. The molecule has 0 bridgehead atoms. The van der Waals surface area contributed by atoms with Gasteiger partial charge in [0, 0.05) is 18.0 Å². The van der Waals surface area contributed by atoms with Crippen molar-refractivity contribution in [3.8, 4) is 0 Å². The third-order valence-electron chi connectivity index (χ3n) is 5.47. The number of carbonyl (C=O) groups excluding carboxylic acids is 2. The van der Waals surface area contributed by atoms with E-state index in [0.29, 0.717) is 0 Å². The van der Waals surface area contributed by atoms with Crippen molar-refractivity contribution < 1.29 is 24.0 Å². The van der Waals surface area contributed by atoms with Crippen LogP contribution in [-0.2, 0) is 14.3 Å². The highest BCUT2D eigenvalue weighted by atomic mass is 16.6. The van der Waals surface area contributed by atoms with Crippen LogP contribution in [0.3, 0.4) is 0 Å². The summed E-state index contributed by atoms with van der Waals surface area (Å²) in [6, 6.07) is 7.45. The summed E-state index contributed by atoms with van der Waals surface area (Å²) in [5.74, 6) is -1.09. The number of esters is 1. The van der Waals surface area contributed by atoms with Gasteiger partial charge in [-0.3, -0.25) is 14.9 Å². The molecule has 1 unspecified atom stereocenters. The average molecular weight is 421 g/mol. The molecule has 8 nitrogen and oxygen atoms in total. The molecule has 8 heteroatoms. The van der Waals surface area contributed by atoms with Crippen molar-refractivity contribution in [2.45, 2.75) is 59.0 Å². The Bertz CT molecular complexity index is 761. The molecule has 0 aromatic heterocycles. The van der Waals surface area contributed by atoms with Gasteiger partial charge in [-0.15, -0.1) is 0 Å². The normalized spacial score (nSPS) is 17.2. The summed E-state index contributed by atoms with van der Waals surface area (Å²) in [4.78, 5) is 38.3. The number of aryl methyl sites for hydroxylation is 1. The van der Waals surface area contributed by atoms with Crippen molar-refractivity contribution in [2.75, 3.05) is 26.2 Å². The van der Waals surface area contributed by atoms with Gasteiger partial charge in [0.1, 0.15) is 5.60 Å². The van der Waals surface area contributed by atoms with Gasteiger partial charge in [-0.25, -0.2) is 4.79 Å². The second kappa shape index (κ2) is 9.45. The van der Waals surface area contributed by atoms with E-state index in [1.807, 2.05) is 31.2 Å². The van der Waals surface area contributed by atoms with E-state index in [-0.39, 0.29) is 44.0 Å². The Morgan fingerprint density at radius 1 is 1.20 bits per heavy atom. The Morgan fingerprint density at radius 3 is 2.23 bits per heavy atom. The van der Waals surface area contributed by atoms with Crippen LogP contribution in [0.1, 0.15) is 57.6 Å². The van der Waals surface area contributed by atoms with Crippen molar-refractivity contribution in [1.29, 1.82) is 0 Å². The van der Waals surface area contributed by atoms with Gasteiger partial charge in [0.25, 0.3) is 0 Å². The van der Waals surface area contributed by atoms with Gasteiger partial charge >= 0.3 is 12.1 Å². The molecule has 1 aromatic rings. The molecule has 0 aliphatic carbocycles. The fourth-order valence-corrected chi connectivity index (χ4v) is 3.93. The molecule has 1 aromatic carbocycles. The van der Waals surface area contributed by atoms with E-state index in [0.717, 1.165) is 11.1 Å². The molecule has 1 aliphatic heterocycles. The molecule has 1 atom stereocenters. The first kappa shape index (κ1) is 23.6. The first-order valence-electron chi connectivity index (χ1n) is 10.3. The van der Waals surface area contributed by atoms with Gasteiger partial charge in [0.2, 0.25) is 6.54 Å². The van der Waals surface area contributed by atoms with Crippen LogP contribution < -0.4 is 0 Å². The van der Waals surface area contributed by atoms with Crippen molar-refractivity contribution in [1.82, 2.24) is 4.90 Å². The van der Waals surface area contributed by atoms with Crippen LogP contribution in [0, 0.1) is 22.5 Å². The molecule has 0 N–H and O–H groups in total. The van der Waals surface area contributed by atoms with Gasteiger partial charge in [0.05, 0.1) is 17.9 Å². The van der Waals surface area contributed by atoms with Crippen molar-refractivity contribution in [3.05, 3.63) is 45.5 Å². The Hall–Kier alpha value is -2.64. The highest BCUT2D eigenvalue weighted by molar-refractivity contribution is 5.79. The number of carbonyl (C=O) groups is 2. The Morgan fingerprint density at radius 2 is 1.77 bits per heavy atom. The van der Waals surface area contributed by atoms with Gasteiger partial charge < -0.3 is 14.4 Å². The van der Waals surface area contributed by atoms with Crippen LogP contribution in [0.2, 0.25) is 0 Å². The second-order valence-electron chi connectivity index (χ2n) is 8.82. The molecule has 1 heterocycles. The third kappa shape index (κ3) is 5.70. The van der Waals surface area contributed by atoms with Crippen LogP contribution in [0.5, 0.6) is 0 Å². The number of hydrogen-bond donors (Lipinski definition) is 0. The zero-order valence-corrected chi connectivity index (χ0v) is 18.5. The van der Waals surface area contributed by atoms with Gasteiger partial charge in [-0.05, 0) is 53.0 Å². The molecule has 1 aliphatic rings. The van der Waals surface area contributed by atoms with Gasteiger partial charge in [-0.1, -0.05) is 29.8 Å². The quantitative estimate of drug-likeness (QED) is 0.393. The number of piperidine rings is 1. The number of amides is 1. The monoisotopic (exact) mass is 420 g/mol. The largest absolute Gasteiger partial charge is 0.466 e. The molecule has 0 radical (unpaired) electrons. The fourth-order valence-electron chi connectivity index (χ4n) is 3.93. The lowest BCUT2D eigenvalue weighted by Crippen LogP contribution is -2.52. The van der Waals surface area contributed by atoms with Crippen molar-refractivity contribution >= 4 is 12.1 Å². The van der Waals surface area contributed by atoms with E-state index in [1.165, 1.54) is 0 Å². The minimum absolute atomic E-state index is 0.190. The predicted molar refractivity (Wildman–Crippen MR) is 112 cm³/mol. The molecular weight excluding hydrogens is 388 g/mol. The Kier molecular flexibility index (Phi) is 7.44. The number of rotatable bonds is 6. The maximum absolute atomic E-state index is 13.1. The summed E-state index contributed by atoms with van der Waals surface area (Å²) in [5, 5.41) is 11.5. The lowest BCUT2D eigenvalue weighted by Gasteiger charge is -2.43. The summed E-state index contributed by atoms with van der Waals surface area (Å²) in [6.07, 6.45) is 0.107. The molecule has 1 fully saturated rings. The number of hydrogen-bond acceptors (Lipinski definition) is 6. The van der Waals surface area contributed by atoms with Crippen LogP contribution >= 0.6 is 0 Å². The summed E-state index contributed by atoms with van der Waals surface area (Å²) in [5.41, 5.74) is 0.0687. The van der Waals surface area contributed by atoms with E-state index < -0.39 is 29.0 Å². The molecule has 1 saturated heterocycles. The average Bonchev–Trinajstić information content (AvgIpc) is 2.65. The zero-order chi connectivity index (χ0) is 22.5. The summed E-state index contributed by atoms with van der Waals surface area (Å²) in [7, 11) is 0. The zero-order valence-electron chi connectivity index (χ0n) is 18.5. The van der Waals surface area contributed by atoms with Crippen LogP contribution in [0.15, 0.2) is 24.3 Å².